The fourth-order valence-electron chi connectivity index (χ4n) is 2.57. The lowest BCUT2D eigenvalue weighted by molar-refractivity contribution is -0.120. The van der Waals surface area contributed by atoms with E-state index in [-0.39, 0.29) is 38.3 Å². The van der Waals surface area contributed by atoms with E-state index in [1.807, 2.05) is 0 Å². The van der Waals surface area contributed by atoms with Gasteiger partial charge in [0.05, 0.1) is 18.0 Å². The second-order valence-electron chi connectivity index (χ2n) is 5.69. The van der Waals surface area contributed by atoms with Crippen LogP contribution in [0.2, 0.25) is 0 Å². The van der Waals surface area contributed by atoms with Gasteiger partial charge in [0.15, 0.2) is 17.5 Å². The van der Waals surface area contributed by atoms with E-state index in [4.69, 9.17) is 4.74 Å². The number of piperidine rings is 1. The summed E-state index contributed by atoms with van der Waals surface area (Å²) in [7, 11) is -2.04. The van der Waals surface area contributed by atoms with Crippen LogP contribution in [-0.2, 0) is 19.6 Å². The lowest BCUT2D eigenvalue weighted by Gasteiger charge is -2.30. The predicted octanol–water partition coefficient (Wildman–Crippen LogP) is 1.73. The smallest absolute Gasteiger partial charge is 0.227 e. The average Bonchev–Trinajstić information content (AvgIpc) is 2.60. The second-order valence-corrected chi connectivity index (χ2v) is 7.78. The van der Waals surface area contributed by atoms with Gasteiger partial charge in [-0.15, -0.1) is 0 Å². The molecule has 140 valence electrons. The minimum absolute atomic E-state index is 0.0815. The molecule has 1 aromatic rings. The van der Waals surface area contributed by atoms with Gasteiger partial charge in [-0.3, -0.25) is 4.79 Å². The van der Waals surface area contributed by atoms with Crippen molar-refractivity contribution in [3.05, 3.63) is 29.6 Å². The number of methoxy groups -OCH3 is 1. The van der Waals surface area contributed by atoms with Crippen LogP contribution in [0.1, 0.15) is 12.8 Å². The van der Waals surface area contributed by atoms with Crippen molar-refractivity contribution in [2.24, 2.45) is 5.92 Å². The van der Waals surface area contributed by atoms with Crippen LogP contribution >= 0.6 is 0 Å². The average molecular weight is 380 g/mol. The van der Waals surface area contributed by atoms with Crippen molar-refractivity contribution in [1.82, 2.24) is 4.31 Å². The summed E-state index contributed by atoms with van der Waals surface area (Å²) in [5.74, 6) is -5.70. The summed E-state index contributed by atoms with van der Waals surface area (Å²) >= 11 is 0. The Morgan fingerprint density at radius 3 is 2.48 bits per heavy atom. The van der Waals surface area contributed by atoms with Crippen LogP contribution in [0.3, 0.4) is 0 Å². The standard InChI is InChI=1S/C15H19F3N2O4S/c1-24-8-9-25(22,23)20-6-4-10(5-7-20)15(21)19-12-3-2-11(16)13(17)14(12)18/h2-3,10H,4-9H2,1H3,(H,19,21). The minimum atomic E-state index is -3.45. The maximum atomic E-state index is 13.6. The molecular weight excluding hydrogens is 361 g/mol. The van der Waals surface area contributed by atoms with Gasteiger partial charge in [0.1, 0.15) is 0 Å². The predicted molar refractivity (Wildman–Crippen MR) is 84.9 cm³/mol. The molecule has 0 spiro atoms. The number of halogens is 3. The Labute approximate surface area is 144 Å². The van der Waals surface area contributed by atoms with Crippen molar-refractivity contribution in [1.29, 1.82) is 0 Å². The number of nitrogens with one attached hydrogen (secondary N) is 1. The number of ether oxygens (including phenoxy) is 1. The van der Waals surface area contributed by atoms with Crippen LogP contribution in [-0.4, -0.2) is 51.2 Å². The number of benzene rings is 1. The van der Waals surface area contributed by atoms with E-state index in [1.54, 1.807) is 0 Å². The van der Waals surface area contributed by atoms with Gasteiger partial charge in [-0.05, 0) is 25.0 Å². The van der Waals surface area contributed by atoms with Gasteiger partial charge in [0, 0.05) is 26.1 Å². The number of carbonyl (C=O) groups is 1. The zero-order valence-electron chi connectivity index (χ0n) is 13.6. The van der Waals surface area contributed by atoms with E-state index in [0.717, 1.165) is 12.1 Å². The summed E-state index contributed by atoms with van der Waals surface area (Å²) in [4.78, 5) is 12.2. The summed E-state index contributed by atoms with van der Waals surface area (Å²) in [6.45, 7) is 0.396. The summed E-state index contributed by atoms with van der Waals surface area (Å²) in [5.41, 5.74) is -0.445. The maximum absolute atomic E-state index is 13.6. The minimum Gasteiger partial charge on any atom is -0.384 e. The molecule has 1 aliphatic rings. The van der Waals surface area contributed by atoms with Gasteiger partial charge in [-0.2, -0.15) is 0 Å². The van der Waals surface area contributed by atoms with Gasteiger partial charge in [-0.1, -0.05) is 0 Å². The highest BCUT2D eigenvalue weighted by atomic mass is 32.2. The molecule has 1 heterocycles. The topological polar surface area (TPSA) is 75.7 Å². The molecule has 0 unspecified atom stereocenters. The molecule has 1 fully saturated rings. The molecule has 0 saturated carbocycles. The van der Waals surface area contributed by atoms with Crippen molar-refractivity contribution in [2.45, 2.75) is 12.8 Å². The first kappa shape index (κ1) is 19.7. The first-order valence-electron chi connectivity index (χ1n) is 7.67. The number of hydrogen-bond acceptors (Lipinski definition) is 4. The van der Waals surface area contributed by atoms with Gasteiger partial charge in [0.25, 0.3) is 0 Å². The van der Waals surface area contributed by atoms with Crippen molar-refractivity contribution in [2.75, 3.05) is 37.9 Å². The van der Waals surface area contributed by atoms with E-state index in [2.05, 4.69) is 5.32 Å². The Morgan fingerprint density at radius 2 is 1.88 bits per heavy atom. The Bertz CT molecular complexity index is 735. The highest BCUT2D eigenvalue weighted by Crippen LogP contribution is 2.24. The molecule has 10 heteroatoms. The SMILES string of the molecule is COCCS(=O)(=O)N1CCC(C(=O)Nc2ccc(F)c(F)c2F)CC1. The molecule has 1 aromatic carbocycles. The molecule has 0 aromatic heterocycles. The molecule has 0 atom stereocenters. The molecule has 0 radical (unpaired) electrons. The summed E-state index contributed by atoms with van der Waals surface area (Å²) in [5, 5.41) is 2.23. The number of nitrogens with zero attached hydrogens (tertiary/aromatic N) is 1. The molecule has 2 rings (SSSR count). The third-order valence-corrected chi connectivity index (χ3v) is 5.89. The Hall–Kier alpha value is -1.65. The summed E-state index contributed by atoms with van der Waals surface area (Å²) in [6, 6.07) is 1.66. The highest BCUT2D eigenvalue weighted by Gasteiger charge is 2.31. The van der Waals surface area contributed by atoms with Gasteiger partial charge < -0.3 is 10.1 Å². The van der Waals surface area contributed by atoms with Gasteiger partial charge >= 0.3 is 0 Å². The molecule has 0 aliphatic carbocycles. The molecule has 1 amide bonds. The summed E-state index contributed by atoms with van der Waals surface area (Å²) < 4.78 is 69.8. The number of anilines is 1. The molecule has 6 nitrogen and oxygen atoms in total. The van der Waals surface area contributed by atoms with Crippen molar-refractivity contribution in [3.63, 3.8) is 0 Å². The van der Waals surface area contributed by atoms with E-state index < -0.39 is 45.0 Å². The van der Waals surface area contributed by atoms with Gasteiger partial charge in [-0.25, -0.2) is 25.9 Å². The first-order valence-corrected chi connectivity index (χ1v) is 9.28. The number of carbonyl (C=O) groups excluding carboxylic acids is 1. The lowest BCUT2D eigenvalue weighted by atomic mass is 9.97. The van der Waals surface area contributed by atoms with E-state index in [0.29, 0.717) is 0 Å². The van der Waals surface area contributed by atoms with Crippen LogP contribution < -0.4 is 5.32 Å². The number of hydrogen-bond donors (Lipinski definition) is 1. The Balaban J connectivity index is 1.95. The van der Waals surface area contributed by atoms with Crippen LogP contribution in [0.15, 0.2) is 12.1 Å². The van der Waals surface area contributed by atoms with Crippen LogP contribution in [0, 0.1) is 23.4 Å². The van der Waals surface area contributed by atoms with Crippen molar-refractivity contribution < 1.29 is 31.1 Å². The van der Waals surface area contributed by atoms with E-state index in [9.17, 15) is 26.4 Å². The lowest BCUT2D eigenvalue weighted by Crippen LogP contribution is -2.42. The van der Waals surface area contributed by atoms with Gasteiger partial charge in [0.2, 0.25) is 15.9 Å². The Morgan fingerprint density at radius 1 is 1.24 bits per heavy atom. The fraction of sp³-hybridized carbons (Fsp3) is 0.533. The quantitative estimate of drug-likeness (QED) is 0.763. The number of sulfonamides is 1. The number of rotatable bonds is 6. The number of amides is 1. The zero-order valence-corrected chi connectivity index (χ0v) is 14.4. The van der Waals surface area contributed by atoms with Crippen LogP contribution in [0.25, 0.3) is 0 Å². The largest absolute Gasteiger partial charge is 0.384 e. The normalized spacial score (nSPS) is 16.8. The molecule has 1 aliphatic heterocycles. The first-order chi connectivity index (χ1) is 11.8. The highest BCUT2D eigenvalue weighted by molar-refractivity contribution is 7.89. The van der Waals surface area contributed by atoms with E-state index in [1.165, 1.54) is 11.4 Å². The van der Waals surface area contributed by atoms with Crippen LogP contribution in [0.5, 0.6) is 0 Å². The third kappa shape index (κ3) is 4.71. The van der Waals surface area contributed by atoms with Crippen LogP contribution in [0.4, 0.5) is 18.9 Å². The van der Waals surface area contributed by atoms with Crippen molar-refractivity contribution in [3.8, 4) is 0 Å². The molecule has 25 heavy (non-hydrogen) atoms. The summed E-state index contributed by atoms with van der Waals surface area (Å²) in [6.07, 6.45) is 0.507. The monoisotopic (exact) mass is 380 g/mol. The molecule has 1 N–H and O–H groups in total. The second kappa shape index (κ2) is 8.15. The fourth-order valence-corrected chi connectivity index (χ4v) is 3.97. The molecule has 1 saturated heterocycles. The molecule has 0 bridgehead atoms. The zero-order chi connectivity index (χ0) is 18.6. The third-order valence-electron chi connectivity index (χ3n) is 4.06. The van der Waals surface area contributed by atoms with E-state index >= 15 is 0 Å². The van der Waals surface area contributed by atoms with Crippen molar-refractivity contribution >= 4 is 21.6 Å². The maximum Gasteiger partial charge on any atom is 0.227 e. The Kier molecular flexibility index (Phi) is 6.42. The molecular formula is C15H19F3N2O4S.